The molecule has 0 N–H and O–H groups in total. The number of alkyl halides is 1. The van der Waals surface area contributed by atoms with E-state index < -0.39 is 0 Å². The second-order valence-corrected chi connectivity index (χ2v) is 7.68. The van der Waals surface area contributed by atoms with E-state index >= 15 is 0 Å². The van der Waals surface area contributed by atoms with Gasteiger partial charge in [0.2, 0.25) is 0 Å². The molecular weight excluding hydrogens is 340 g/mol. The van der Waals surface area contributed by atoms with Crippen LogP contribution in [0.3, 0.4) is 0 Å². The summed E-state index contributed by atoms with van der Waals surface area (Å²) in [4.78, 5) is 1.74. The zero-order chi connectivity index (χ0) is 13.9. The third-order valence-electron chi connectivity index (χ3n) is 3.49. The van der Waals surface area contributed by atoms with Crippen molar-refractivity contribution < 1.29 is 0 Å². The predicted molar refractivity (Wildman–Crippen MR) is 92.8 cm³/mol. The van der Waals surface area contributed by atoms with Crippen molar-refractivity contribution in [2.75, 3.05) is 0 Å². The first-order chi connectivity index (χ1) is 9.25. The fourth-order valence-corrected chi connectivity index (χ4v) is 4.52. The third-order valence-corrected chi connectivity index (χ3v) is 6.18. The minimum Gasteiger partial charge on any atom is -0.146 e. The molecule has 1 atom stereocenters. The van der Waals surface area contributed by atoms with Crippen LogP contribution in [0.4, 0.5) is 0 Å². The Morgan fingerprint density at radius 2 is 1.63 bits per heavy atom. The highest BCUT2D eigenvalue weighted by atomic mass is 79.9. The lowest BCUT2D eigenvalue weighted by Crippen LogP contribution is -1.88. The van der Waals surface area contributed by atoms with Gasteiger partial charge in [-0.25, -0.2) is 0 Å². The lowest BCUT2D eigenvalue weighted by Gasteiger charge is -2.08. The Kier molecular flexibility index (Phi) is 10.3. The summed E-state index contributed by atoms with van der Waals surface area (Å²) < 4.78 is 0. The lowest BCUT2D eigenvalue weighted by atomic mass is 10.1. The molecule has 0 spiro atoms. The molecule has 1 unspecified atom stereocenters. The SMILES string of the molecule is CCCCCCCCCCCC(Br)c1sccc1Cl. The van der Waals surface area contributed by atoms with Gasteiger partial charge in [-0.15, -0.1) is 11.3 Å². The second-order valence-electron chi connectivity index (χ2n) is 5.22. The summed E-state index contributed by atoms with van der Waals surface area (Å²) in [5.74, 6) is 0. The van der Waals surface area contributed by atoms with Crippen LogP contribution in [-0.4, -0.2) is 0 Å². The minimum absolute atomic E-state index is 0.449. The Bertz CT molecular complexity index is 324. The van der Waals surface area contributed by atoms with Gasteiger partial charge in [-0.05, 0) is 17.9 Å². The molecule has 19 heavy (non-hydrogen) atoms. The van der Waals surface area contributed by atoms with Crippen molar-refractivity contribution in [2.24, 2.45) is 0 Å². The maximum atomic E-state index is 6.14. The van der Waals surface area contributed by atoms with E-state index in [0.717, 1.165) is 5.02 Å². The summed E-state index contributed by atoms with van der Waals surface area (Å²) in [5, 5.41) is 2.99. The van der Waals surface area contributed by atoms with Crippen molar-refractivity contribution in [2.45, 2.75) is 76.0 Å². The Morgan fingerprint density at radius 3 is 2.16 bits per heavy atom. The third kappa shape index (κ3) is 7.72. The van der Waals surface area contributed by atoms with Crippen molar-refractivity contribution in [1.82, 2.24) is 0 Å². The van der Waals surface area contributed by atoms with Crippen LogP contribution >= 0.6 is 38.9 Å². The van der Waals surface area contributed by atoms with E-state index in [4.69, 9.17) is 11.6 Å². The molecule has 0 amide bonds. The summed E-state index contributed by atoms with van der Waals surface area (Å²) >= 11 is 11.6. The van der Waals surface area contributed by atoms with Gasteiger partial charge in [0.1, 0.15) is 0 Å². The summed E-state index contributed by atoms with van der Waals surface area (Å²) in [5.41, 5.74) is 0. The molecular formula is C16H26BrClS. The first kappa shape index (κ1) is 17.5. The molecule has 110 valence electrons. The molecule has 0 aromatic carbocycles. The van der Waals surface area contributed by atoms with Gasteiger partial charge in [0.05, 0.1) is 9.85 Å². The molecule has 0 aliphatic carbocycles. The quantitative estimate of drug-likeness (QED) is 0.277. The zero-order valence-electron chi connectivity index (χ0n) is 12.0. The van der Waals surface area contributed by atoms with E-state index in [-0.39, 0.29) is 0 Å². The Hall–Kier alpha value is 0.470. The first-order valence-corrected chi connectivity index (χ1v) is 9.80. The highest BCUT2D eigenvalue weighted by Crippen LogP contribution is 2.37. The van der Waals surface area contributed by atoms with E-state index in [2.05, 4.69) is 28.2 Å². The van der Waals surface area contributed by atoms with E-state index in [9.17, 15) is 0 Å². The van der Waals surface area contributed by atoms with Gasteiger partial charge < -0.3 is 0 Å². The number of hydrogen-bond acceptors (Lipinski definition) is 1. The van der Waals surface area contributed by atoms with E-state index in [1.54, 1.807) is 11.3 Å². The minimum atomic E-state index is 0.449. The zero-order valence-corrected chi connectivity index (χ0v) is 15.1. The van der Waals surface area contributed by atoms with Crippen molar-refractivity contribution in [3.8, 4) is 0 Å². The summed E-state index contributed by atoms with van der Waals surface area (Å²) in [6, 6.07) is 1.99. The summed E-state index contributed by atoms with van der Waals surface area (Å²) in [7, 11) is 0. The molecule has 1 aromatic heterocycles. The topological polar surface area (TPSA) is 0 Å². The first-order valence-electron chi connectivity index (χ1n) is 7.62. The van der Waals surface area contributed by atoms with Gasteiger partial charge in [0.25, 0.3) is 0 Å². The van der Waals surface area contributed by atoms with Gasteiger partial charge in [0.15, 0.2) is 0 Å². The summed E-state index contributed by atoms with van der Waals surface area (Å²) in [6.45, 7) is 2.27. The fourth-order valence-electron chi connectivity index (χ4n) is 2.29. The molecule has 3 heteroatoms. The molecule has 0 aliphatic heterocycles. The lowest BCUT2D eigenvalue weighted by molar-refractivity contribution is 0.556. The number of unbranched alkanes of at least 4 members (excludes halogenated alkanes) is 8. The molecule has 0 aliphatic rings. The van der Waals surface area contributed by atoms with Crippen LogP contribution in [0.25, 0.3) is 0 Å². The molecule has 0 saturated heterocycles. The van der Waals surface area contributed by atoms with Crippen molar-refractivity contribution >= 4 is 38.9 Å². The maximum absolute atomic E-state index is 6.14. The Morgan fingerprint density at radius 1 is 1.05 bits per heavy atom. The normalized spacial score (nSPS) is 12.8. The maximum Gasteiger partial charge on any atom is 0.0556 e. The van der Waals surface area contributed by atoms with Gasteiger partial charge >= 0.3 is 0 Å². The molecule has 0 nitrogen and oxygen atoms in total. The molecule has 1 heterocycles. The van der Waals surface area contributed by atoms with Crippen LogP contribution in [-0.2, 0) is 0 Å². The fraction of sp³-hybridized carbons (Fsp3) is 0.750. The van der Waals surface area contributed by atoms with E-state index in [0.29, 0.717) is 4.83 Å². The molecule has 0 bridgehead atoms. The molecule has 0 fully saturated rings. The average Bonchev–Trinajstić information content (AvgIpc) is 2.83. The highest BCUT2D eigenvalue weighted by Gasteiger charge is 2.12. The van der Waals surface area contributed by atoms with Crippen LogP contribution in [0.1, 0.15) is 80.8 Å². The molecule has 0 radical (unpaired) electrons. The van der Waals surface area contributed by atoms with Crippen molar-refractivity contribution in [3.63, 3.8) is 0 Å². The van der Waals surface area contributed by atoms with Crippen LogP contribution in [0.5, 0.6) is 0 Å². The second kappa shape index (κ2) is 11.2. The molecule has 0 saturated carbocycles. The van der Waals surface area contributed by atoms with E-state index in [1.165, 1.54) is 69.1 Å². The number of thiophene rings is 1. The van der Waals surface area contributed by atoms with Crippen LogP contribution in [0, 0.1) is 0 Å². The molecule has 1 aromatic rings. The van der Waals surface area contributed by atoms with Crippen molar-refractivity contribution in [1.29, 1.82) is 0 Å². The van der Waals surface area contributed by atoms with E-state index in [1.807, 2.05) is 6.07 Å². The largest absolute Gasteiger partial charge is 0.146 e. The Balaban J connectivity index is 1.95. The average molecular weight is 366 g/mol. The summed E-state index contributed by atoms with van der Waals surface area (Å²) in [6.07, 6.45) is 13.7. The van der Waals surface area contributed by atoms with Gasteiger partial charge in [-0.3, -0.25) is 0 Å². The van der Waals surface area contributed by atoms with Gasteiger partial charge in [0, 0.05) is 4.88 Å². The predicted octanol–water partition coefficient (Wildman–Crippen LogP) is 7.76. The molecule has 1 rings (SSSR count). The standard InChI is InChI=1S/C16H26BrClS/c1-2-3-4-5-6-7-8-9-10-11-14(17)16-15(18)12-13-19-16/h12-14H,2-11H2,1H3. The van der Waals surface area contributed by atoms with Gasteiger partial charge in [-0.2, -0.15) is 0 Å². The van der Waals surface area contributed by atoms with Crippen LogP contribution < -0.4 is 0 Å². The number of halogens is 2. The van der Waals surface area contributed by atoms with Crippen molar-refractivity contribution in [3.05, 3.63) is 21.3 Å². The highest BCUT2D eigenvalue weighted by molar-refractivity contribution is 9.09. The number of hydrogen-bond donors (Lipinski definition) is 0. The van der Waals surface area contributed by atoms with Gasteiger partial charge in [-0.1, -0.05) is 92.2 Å². The monoisotopic (exact) mass is 364 g/mol. The Labute approximate surface area is 136 Å². The number of rotatable bonds is 11. The smallest absolute Gasteiger partial charge is 0.0556 e. The van der Waals surface area contributed by atoms with Crippen LogP contribution in [0.15, 0.2) is 11.4 Å². The van der Waals surface area contributed by atoms with Crippen LogP contribution in [0.2, 0.25) is 5.02 Å².